The maximum absolute atomic E-state index is 14.7. The molecule has 12 heteroatoms. The molecule has 0 spiro atoms. The molecule has 1 fully saturated rings. The maximum Gasteiger partial charge on any atom is 0.303 e. The zero-order chi connectivity index (χ0) is 22.0. The summed E-state index contributed by atoms with van der Waals surface area (Å²) in [5.74, 6) is -5.83. The van der Waals surface area contributed by atoms with Gasteiger partial charge in [-0.2, -0.15) is 0 Å². The standard InChI is InChI=1S/C18H17F4N3O5/c1-8(26)28-7-15-18(30-9(2)27)17(13(21)6-29-15)25-5-14(23-24-25)10-3-11(19)16(22)12(20)4-10/h3-5,13,15,17-18H,6-7H2,1-2H3/t13-,15+,17+,18-/m0/s1. The minimum atomic E-state index is -1.70. The number of ether oxygens (including phenoxy) is 3. The zero-order valence-electron chi connectivity index (χ0n) is 15.9. The van der Waals surface area contributed by atoms with Crippen LogP contribution in [0.3, 0.4) is 0 Å². The van der Waals surface area contributed by atoms with Gasteiger partial charge in [-0.3, -0.25) is 9.59 Å². The van der Waals surface area contributed by atoms with Crippen LogP contribution in [0.15, 0.2) is 18.3 Å². The predicted molar refractivity (Wildman–Crippen MR) is 91.2 cm³/mol. The Labute approximate surface area is 167 Å². The van der Waals surface area contributed by atoms with Gasteiger partial charge in [0.2, 0.25) is 0 Å². The molecule has 0 unspecified atom stereocenters. The molecule has 0 N–H and O–H groups in total. The van der Waals surface area contributed by atoms with E-state index in [0.29, 0.717) is 0 Å². The smallest absolute Gasteiger partial charge is 0.303 e. The first-order valence-electron chi connectivity index (χ1n) is 8.80. The molecule has 0 saturated carbocycles. The first kappa shape index (κ1) is 21.7. The highest BCUT2D eigenvalue weighted by Gasteiger charge is 2.45. The molecule has 3 rings (SSSR count). The highest BCUT2D eigenvalue weighted by atomic mass is 19.2. The molecule has 1 aliphatic heterocycles. The van der Waals surface area contributed by atoms with Crippen molar-refractivity contribution in [1.82, 2.24) is 15.0 Å². The maximum atomic E-state index is 14.7. The molecule has 1 saturated heterocycles. The first-order valence-corrected chi connectivity index (χ1v) is 8.80. The fourth-order valence-corrected chi connectivity index (χ4v) is 3.09. The number of halogens is 4. The van der Waals surface area contributed by atoms with Crippen LogP contribution < -0.4 is 0 Å². The van der Waals surface area contributed by atoms with Gasteiger partial charge in [0.1, 0.15) is 30.6 Å². The van der Waals surface area contributed by atoms with Gasteiger partial charge in [-0.1, -0.05) is 5.21 Å². The van der Waals surface area contributed by atoms with Gasteiger partial charge in [0, 0.05) is 19.4 Å². The summed E-state index contributed by atoms with van der Waals surface area (Å²) < 4.78 is 71.3. The van der Waals surface area contributed by atoms with Crippen LogP contribution in [0, 0.1) is 17.5 Å². The van der Waals surface area contributed by atoms with Crippen molar-refractivity contribution < 1.29 is 41.4 Å². The second kappa shape index (κ2) is 8.78. The molecule has 4 atom stereocenters. The second-order valence-corrected chi connectivity index (χ2v) is 6.59. The van der Waals surface area contributed by atoms with Crippen LogP contribution in [-0.4, -0.2) is 58.5 Å². The van der Waals surface area contributed by atoms with Crippen LogP contribution in [0.25, 0.3) is 11.3 Å². The van der Waals surface area contributed by atoms with Crippen LogP contribution in [0.5, 0.6) is 0 Å². The number of carbonyl (C=O) groups is 2. The Kier molecular flexibility index (Phi) is 6.34. The van der Waals surface area contributed by atoms with Crippen LogP contribution >= 0.6 is 0 Å². The Morgan fingerprint density at radius 3 is 2.47 bits per heavy atom. The average molecular weight is 431 g/mol. The van der Waals surface area contributed by atoms with E-state index in [1.54, 1.807) is 0 Å². The van der Waals surface area contributed by atoms with Crippen molar-refractivity contribution in [2.75, 3.05) is 13.2 Å². The SMILES string of the molecule is CC(=O)OC[C@H]1OC[C@H](F)[C@@H](n2cc(-c3cc(F)c(F)c(F)c3)nn2)[C@H]1OC(C)=O. The normalized spacial score (nSPS) is 23.8. The number of nitrogens with zero attached hydrogens (tertiary/aromatic N) is 3. The lowest BCUT2D eigenvalue weighted by Crippen LogP contribution is -2.52. The third kappa shape index (κ3) is 4.58. The van der Waals surface area contributed by atoms with Crippen molar-refractivity contribution in [3.8, 4) is 11.3 Å². The summed E-state index contributed by atoms with van der Waals surface area (Å²) in [7, 11) is 0. The second-order valence-electron chi connectivity index (χ2n) is 6.59. The Hall–Kier alpha value is -3.02. The van der Waals surface area contributed by atoms with Gasteiger partial charge in [-0.05, 0) is 12.1 Å². The van der Waals surface area contributed by atoms with E-state index in [1.165, 1.54) is 13.1 Å². The number of rotatable bonds is 5. The summed E-state index contributed by atoms with van der Waals surface area (Å²) in [6.45, 7) is 1.57. The highest BCUT2D eigenvalue weighted by Crippen LogP contribution is 2.32. The average Bonchev–Trinajstić information content (AvgIpc) is 3.14. The van der Waals surface area contributed by atoms with Gasteiger partial charge in [0.15, 0.2) is 23.6 Å². The fourth-order valence-electron chi connectivity index (χ4n) is 3.09. The lowest BCUT2D eigenvalue weighted by molar-refractivity contribution is -0.189. The van der Waals surface area contributed by atoms with Crippen molar-refractivity contribution in [3.63, 3.8) is 0 Å². The number of carbonyl (C=O) groups excluding carboxylic acids is 2. The Bertz CT molecular complexity index is 931. The molecule has 0 radical (unpaired) electrons. The van der Waals surface area contributed by atoms with E-state index in [2.05, 4.69) is 10.3 Å². The molecule has 1 aromatic carbocycles. The molecule has 30 heavy (non-hydrogen) atoms. The van der Waals surface area contributed by atoms with Crippen molar-refractivity contribution in [2.24, 2.45) is 0 Å². The minimum absolute atomic E-state index is 0.0652. The zero-order valence-corrected chi connectivity index (χ0v) is 15.9. The summed E-state index contributed by atoms with van der Waals surface area (Å²) in [5.41, 5.74) is -0.190. The number of aromatic nitrogens is 3. The summed E-state index contributed by atoms with van der Waals surface area (Å²) in [4.78, 5) is 22.6. The quantitative estimate of drug-likeness (QED) is 0.407. The van der Waals surface area contributed by atoms with Gasteiger partial charge >= 0.3 is 11.9 Å². The Balaban J connectivity index is 1.93. The number of benzene rings is 1. The Morgan fingerprint density at radius 2 is 1.87 bits per heavy atom. The van der Waals surface area contributed by atoms with Gasteiger partial charge in [0.25, 0.3) is 0 Å². The molecule has 2 heterocycles. The molecule has 2 aromatic rings. The third-order valence-electron chi connectivity index (χ3n) is 4.39. The monoisotopic (exact) mass is 431 g/mol. The predicted octanol–water partition coefficient (Wildman–Crippen LogP) is 2.14. The van der Waals surface area contributed by atoms with E-state index >= 15 is 0 Å². The van der Waals surface area contributed by atoms with Crippen molar-refractivity contribution in [2.45, 2.75) is 38.3 Å². The van der Waals surface area contributed by atoms with Crippen molar-refractivity contribution in [1.29, 1.82) is 0 Å². The molecule has 1 aliphatic rings. The highest BCUT2D eigenvalue weighted by molar-refractivity contribution is 5.66. The number of esters is 2. The van der Waals surface area contributed by atoms with Crippen LogP contribution in [0.2, 0.25) is 0 Å². The lowest BCUT2D eigenvalue weighted by atomic mass is 9.98. The largest absolute Gasteiger partial charge is 0.463 e. The van der Waals surface area contributed by atoms with Gasteiger partial charge in [0.05, 0.1) is 12.8 Å². The third-order valence-corrected chi connectivity index (χ3v) is 4.39. The summed E-state index contributed by atoms with van der Waals surface area (Å²) in [5, 5.41) is 7.51. The lowest BCUT2D eigenvalue weighted by Gasteiger charge is -2.38. The first-order chi connectivity index (χ1) is 14.2. The molecule has 0 amide bonds. The van der Waals surface area contributed by atoms with Crippen molar-refractivity contribution >= 4 is 11.9 Å². The molecule has 1 aromatic heterocycles. The molecule has 0 aliphatic carbocycles. The Morgan fingerprint density at radius 1 is 1.20 bits per heavy atom. The van der Waals surface area contributed by atoms with Gasteiger partial charge in [-0.15, -0.1) is 5.10 Å². The number of alkyl halides is 1. The molecular formula is C18H17F4N3O5. The topological polar surface area (TPSA) is 92.5 Å². The van der Waals surface area contributed by atoms with E-state index in [1.807, 2.05) is 0 Å². The van der Waals surface area contributed by atoms with Crippen molar-refractivity contribution in [3.05, 3.63) is 35.8 Å². The van der Waals surface area contributed by atoms with Crippen LogP contribution in [0.4, 0.5) is 17.6 Å². The fraction of sp³-hybridized carbons (Fsp3) is 0.444. The van der Waals surface area contributed by atoms with Gasteiger partial charge in [-0.25, -0.2) is 22.2 Å². The molecule has 8 nitrogen and oxygen atoms in total. The van der Waals surface area contributed by atoms with E-state index < -0.39 is 60.4 Å². The summed E-state index contributed by atoms with van der Waals surface area (Å²) >= 11 is 0. The summed E-state index contributed by atoms with van der Waals surface area (Å²) in [6.07, 6.45) is -2.74. The summed E-state index contributed by atoms with van der Waals surface area (Å²) in [6, 6.07) is 0.215. The van der Waals surface area contributed by atoms with E-state index in [4.69, 9.17) is 14.2 Å². The molecular weight excluding hydrogens is 414 g/mol. The van der Waals surface area contributed by atoms with Crippen LogP contribution in [0.1, 0.15) is 19.9 Å². The molecule has 0 bridgehead atoms. The number of hydrogen-bond acceptors (Lipinski definition) is 7. The van der Waals surface area contributed by atoms with Gasteiger partial charge < -0.3 is 14.2 Å². The van der Waals surface area contributed by atoms with E-state index in [-0.39, 0.29) is 17.9 Å². The molecule has 162 valence electrons. The van der Waals surface area contributed by atoms with Crippen LogP contribution in [-0.2, 0) is 23.8 Å². The van der Waals surface area contributed by atoms with E-state index in [9.17, 15) is 27.2 Å². The van der Waals surface area contributed by atoms with E-state index in [0.717, 1.165) is 23.7 Å². The minimum Gasteiger partial charge on any atom is -0.463 e. The number of hydrogen-bond donors (Lipinski definition) is 0.